The molecule has 1 heterocycles. The summed E-state index contributed by atoms with van der Waals surface area (Å²) in [4.78, 5) is 47.8. The number of benzene rings is 1. The third-order valence-corrected chi connectivity index (χ3v) is 6.20. The molecule has 1 N–H and O–H groups in total. The number of carbonyl (C=O) groups excluding carboxylic acids is 4. The van der Waals surface area contributed by atoms with Crippen LogP contribution in [0.15, 0.2) is 24.3 Å². The molecule has 0 aromatic heterocycles. The molecule has 0 unspecified atom stereocenters. The van der Waals surface area contributed by atoms with Gasteiger partial charge in [-0.3, -0.25) is 19.2 Å². The van der Waals surface area contributed by atoms with Gasteiger partial charge in [0, 0.05) is 33.3 Å². The van der Waals surface area contributed by atoms with Crippen LogP contribution in [0.2, 0.25) is 0 Å². The normalized spacial score (nSPS) is 28.9. The van der Waals surface area contributed by atoms with Gasteiger partial charge in [0.05, 0.1) is 7.11 Å². The first-order valence-corrected chi connectivity index (χ1v) is 10.8. The summed E-state index contributed by atoms with van der Waals surface area (Å²) in [7, 11) is 1.45. The van der Waals surface area contributed by atoms with E-state index in [4.69, 9.17) is 28.4 Å². The van der Waals surface area contributed by atoms with Gasteiger partial charge in [0.15, 0.2) is 0 Å². The number of alkyl halides is 1. The minimum atomic E-state index is -2.16. The Labute approximate surface area is 203 Å². The number of aliphatic hydroxyl groups is 1. The number of esters is 4. The number of aliphatic hydroxyl groups excluding tert-OH is 1. The van der Waals surface area contributed by atoms with Gasteiger partial charge in [-0.05, 0) is 34.7 Å². The Bertz CT molecular complexity index is 902. The SMILES string of the molecule is COc1ccc([C@@]2(OC(C)=O)[C@@H](O)O[C@H](COC(C)=O)[C@@](I)(OC(C)=O)[C@@H]2OC(C)=O)cc1. The highest BCUT2D eigenvalue weighted by molar-refractivity contribution is 14.1. The highest BCUT2D eigenvalue weighted by atomic mass is 127. The van der Waals surface area contributed by atoms with Gasteiger partial charge in [-0.15, -0.1) is 0 Å². The van der Waals surface area contributed by atoms with Gasteiger partial charge in [0.2, 0.25) is 21.6 Å². The van der Waals surface area contributed by atoms with Crippen molar-refractivity contribution in [1.29, 1.82) is 0 Å². The fourth-order valence-corrected chi connectivity index (χ4v) is 4.73. The number of ether oxygens (including phenoxy) is 6. The van der Waals surface area contributed by atoms with Gasteiger partial charge in [-0.25, -0.2) is 0 Å². The fourth-order valence-electron chi connectivity index (χ4n) is 3.51. The highest BCUT2D eigenvalue weighted by Crippen LogP contribution is 2.51. The minimum Gasteiger partial charge on any atom is -0.497 e. The van der Waals surface area contributed by atoms with Crippen molar-refractivity contribution in [3.05, 3.63) is 29.8 Å². The Morgan fingerprint density at radius 2 is 1.55 bits per heavy atom. The lowest BCUT2D eigenvalue weighted by atomic mass is 9.80. The van der Waals surface area contributed by atoms with Crippen LogP contribution in [-0.4, -0.2) is 64.8 Å². The zero-order valence-electron chi connectivity index (χ0n) is 18.7. The number of carbonyl (C=O) groups is 4. The monoisotopic (exact) mass is 580 g/mol. The van der Waals surface area contributed by atoms with Crippen molar-refractivity contribution in [2.24, 2.45) is 0 Å². The van der Waals surface area contributed by atoms with E-state index < -0.39 is 58.2 Å². The molecule has 33 heavy (non-hydrogen) atoms. The minimum absolute atomic E-state index is 0.163. The molecule has 1 saturated heterocycles. The molecule has 182 valence electrons. The Hall–Kier alpha value is -2.45. The van der Waals surface area contributed by atoms with Crippen molar-refractivity contribution in [2.75, 3.05) is 13.7 Å². The molecule has 0 saturated carbocycles. The molecular weight excluding hydrogens is 555 g/mol. The molecule has 1 aromatic rings. The molecule has 0 radical (unpaired) electrons. The molecule has 5 atom stereocenters. The van der Waals surface area contributed by atoms with Crippen molar-refractivity contribution < 1.29 is 52.7 Å². The van der Waals surface area contributed by atoms with Crippen LogP contribution in [0, 0.1) is 0 Å². The summed E-state index contributed by atoms with van der Waals surface area (Å²) in [5.41, 5.74) is -2.00. The molecule has 1 aliphatic rings. The summed E-state index contributed by atoms with van der Waals surface area (Å²) in [5.74, 6) is -2.66. The van der Waals surface area contributed by atoms with Crippen molar-refractivity contribution in [3.63, 3.8) is 0 Å². The fraction of sp³-hybridized carbons (Fsp3) is 0.524. The molecule has 11 nitrogen and oxygen atoms in total. The zero-order valence-corrected chi connectivity index (χ0v) is 20.8. The van der Waals surface area contributed by atoms with E-state index in [0.717, 1.165) is 27.7 Å². The van der Waals surface area contributed by atoms with Crippen LogP contribution in [0.25, 0.3) is 0 Å². The van der Waals surface area contributed by atoms with Crippen molar-refractivity contribution in [2.45, 2.75) is 55.4 Å². The number of methoxy groups -OCH3 is 1. The van der Waals surface area contributed by atoms with Crippen LogP contribution < -0.4 is 4.74 Å². The predicted octanol–water partition coefficient (Wildman–Crippen LogP) is 1.36. The third-order valence-electron chi connectivity index (χ3n) is 4.72. The van der Waals surface area contributed by atoms with E-state index in [1.54, 1.807) is 22.6 Å². The predicted molar refractivity (Wildman–Crippen MR) is 118 cm³/mol. The van der Waals surface area contributed by atoms with Crippen LogP contribution in [0.5, 0.6) is 5.75 Å². The summed E-state index contributed by atoms with van der Waals surface area (Å²) >= 11 is 1.67. The molecule has 2 rings (SSSR count). The van der Waals surface area contributed by atoms with E-state index in [0.29, 0.717) is 5.75 Å². The average Bonchev–Trinajstić information content (AvgIpc) is 2.71. The largest absolute Gasteiger partial charge is 0.497 e. The lowest BCUT2D eigenvalue weighted by Crippen LogP contribution is -2.72. The second kappa shape index (κ2) is 10.7. The average molecular weight is 580 g/mol. The summed E-state index contributed by atoms with van der Waals surface area (Å²) < 4.78 is 30.6. The molecule has 1 fully saturated rings. The quantitative estimate of drug-likeness (QED) is 0.216. The van der Waals surface area contributed by atoms with E-state index in [9.17, 15) is 24.3 Å². The molecule has 12 heteroatoms. The van der Waals surface area contributed by atoms with Crippen LogP contribution >= 0.6 is 22.6 Å². The molecule has 0 bridgehead atoms. The lowest BCUT2D eigenvalue weighted by Gasteiger charge is -2.53. The van der Waals surface area contributed by atoms with Crippen molar-refractivity contribution in [3.8, 4) is 5.75 Å². The molecule has 1 aromatic carbocycles. The van der Waals surface area contributed by atoms with Crippen LogP contribution in [0.3, 0.4) is 0 Å². The number of hydrogen-bond donors (Lipinski definition) is 1. The van der Waals surface area contributed by atoms with Crippen molar-refractivity contribution in [1.82, 2.24) is 0 Å². The van der Waals surface area contributed by atoms with Gasteiger partial charge in [-0.2, -0.15) is 0 Å². The van der Waals surface area contributed by atoms with E-state index in [-0.39, 0.29) is 5.56 Å². The van der Waals surface area contributed by atoms with Crippen LogP contribution in [-0.2, 0) is 48.5 Å². The van der Waals surface area contributed by atoms with Gasteiger partial charge in [0.1, 0.15) is 18.5 Å². The second-order valence-electron chi connectivity index (χ2n) is 7.18. The first-order valence-electron chi connectivity index (χ1n) is 9.73. The Balaban J connectivity index is 2.78. The number of halogens is 1. The van der Waals surface area contributed by atoms with E-state index in [2.05, 4.69) is 0 Å². The highest BCUT2D eigenvalue weighted by Gasteiger charge is 2.70. The summed E-state index contributed by atoms with van der Waals surface area (Å²) in [6.07, 6.45) is -4.83. The first-order chi connectivity index (χ1) is 15.4. The zero-order chi connectivity index (χ0) is 25.0. The van der Waals surface area contributed by atoms with E-state index >= 15 is 0 Å². The first kappa shape index (κ1) is 26.8. The maximum atomic E-state index is 12.2. The summed E-state index contributed by atoms with van der Waals surface area (Å²) in [6, 6.07) is 6.01. The molecular formula is C21H25IO11. The molecule has 0 aliphatic carbocycles. The standard InChI is InChI=1S/C21H25IO11/c1-11(23)29-10-17-21(22,33-14(4)26)18(30-12(2)24)20(19(27)31-17,32-13(3)25)15-6-8-16(28-5)9-7-15/h6-9,17-19,27H,10H2,1-5H3/t17-,18-,19+,20+,21-/m1/s1. The summed E-state index contributed by atoms with van der Waals surface area (Å²) in [5, 5.41) is 11.1. The number of hydrogen-bond acceptors (Lipinski definition) is 11. The maximum Gasteiger partial charge on any atom is 0.304 e. The summed E-state index contributed by atoms with van der Waals surface area (Å²) in [6.45, 7) is 4.00. The van der Waals surface area contributed by atoms with E-state index in [1.165, 1.54) is 31.4 Å². The van der Waals surface area contributed by atoms with Gasteiger partial charge >= 0.3 is 23.9 Å². The van der Waals surface area contributed by atoms with Gasteiger partial charge in [-0.1, -0.05) is 12.1 Å². The lowest BCUT2D eigenvalue weighted by molar-refractivity contribution is -0.343. The Morgan fingerprint density at radius 3 is 2.00 bits per heavy atom. The van der Waals surface area contributed by atoms with Crippen LogP contribution in [0.4, 0.5) is 0 Å². The number of rotatable bonds is 7. The Morgan fingerprint density at radius 1 is 0.970 bits per heavy atom. The van der Waals surface area contributed by atoms with Crippen LogP contribution in [0.1, 0.15) is 33.3 Å². The Kier molecular flexibility index (Phi) is 8.65. The molecule has 0 spiro atoms. The molecule has 0 amide bonds. The topological polar surface area (TPSA) is 144 Å². The van der Waals surface area contributed by atoms with Crippen molar-refractivity contribution >= 4 is 46.5 Å². The molecule has 1 aliphatic heterocycles. The smallest absolute Gasteiger partial charge is 0.304 e. The van der Waals surface area contributed by atoms with Gasteiger partial charge < -0.3 is 33.5 Å². The van der Waals surface area contributed by atoms with E-state index in [1.807, 2.05) is 0 Å². The van der Waals surface area contributed by atoms with Gasteiger partial charge in [0.25, 0.3) is 0 Å². The second-order valence-corrected chi connectivity index (χ2v) is 8.86. The third kappa shape index (κ3) is 5.73. The maximum absolute atomic E-state index is 12.2.